The maximum atomic E-state index is 7.10. The molecule has 2 heterocycles. The summed E-state index contributed by atoms with van der Waals surface area (Å²) in [5.74, 6) is 4.11. The molecule has 5 aliphatic carbocycles. The van der Waals surface area contributed by atoms with Gasteiger partial charge < -0.3 is 23.8 Å². The number of hydrogen-bond acceptors (Lipinski definition) is 5. The smallest absolute Gasteiger partial charge is 0.170 e. The zero-order chi connectivity index (χ0) is 23.1. The molecule has 1 aromatic rings. The summed E-state index contributed by atoms with van der Waals surface area (Å²) in [7, 11) is 5.73. The largest absolute Gasteiger partial charge is 0.493 e. The number of fused-ring (bicyclic) bond motifs is 1. The standard InChI is InChI=1S/C29H41NO4/c1-30-9-8-28(22-4-5-23(31-2)24(13-22)32-3)6-7-29(17-25(28)30)33-18-26(34-29)27-14-19-10-20(15-27)12-21(11-19)16-27/h4-5,13,19-21,25-26H,6-12,14-18H2,1-3H3. The minimum absolute atomic E-state index is 0.130. The van der Waals surface area contributed by atoms with Crippen molar-refractivity contribution in [3.8, 4) is 11.5 Å². The Balaban J connectivity index is 1.15. The molecule has 186 valence electrons. The first kappa shape index (κ1) is 21.9. The first-order valence-electron chi connectivity index (χ1n) is 13.7. The topological polar surface area (TPSA) is 40.2 Å². The van der Waals surface area contributed by atoms with Gasteiger partial charge >= 0.3 is 0 Å². The van der Waals surface area contributed by atoms with Gasteiger partial charge in [0.1, 0.15) is 0 Å². The number of nitrogens with zero attached hydrogens (tertiary/aromatic N) is 1. The van der Waals surface area contributed by atoms with Crippen LogP contribution in [-0.2, 0) is 14.9 Å². The molecule has 5 saturated carbocycles. The van der Waals surface area contributed by atoms with E-state index in [1.165, 1.54) is 50.5 Å². The van der Waals surface area contributed by atoms with E-state index in [-0.39, 0.29) is 5.41 Å². The maximum Gasteiger partial charge on any atom is 0.170 e. The predicted molar refractivity (Wildman–Crippen MR) is 130 cm³/mol. The Morgan fingerprint density at radius 3 is 2.26 bits per heavy atom. The van der Waals surface area contributed by atoms with E-state index in [0.717, 1.165) is 61.7 Å². The highest BCUT2D eigenvalue weighted by Crippen LogP contribution is 2.64. The molecule has 0 amide bonds. The lowest BCUT2D eigenvalue weighted by atomic mass is 9.48. The number of hydrogen-bond donors (Lipinski definition) is 0. The summed E-state index contributed by atoms with van der Waals surface area (Å²) >= 11 is 0. The van der Waals surface area contributed by atoms with Crippen molar-refractivity contribution in [1.82, 2.24) is 4.90 Å². The third-order valence-electron chi connectivity index (χ3n) is 11.1. The average molecular weight is 468 g/mol. The Morgan fingerprint density at radius 1 is 0.882 bits per heavy atom. The van der Waals surface area contributed by atoms with E-state index in [9.17, 15) is 0 Å². The Hall–Kier alpha value is -1.30. The van der Waals surface area contributed by atoms with Gasteiger partial charge in [0.25, 0.3) is 0 Å². The van der Waals surface area contributed by atoms with Crippen LogP contribution < -0.4 is 9.47 Å². The van der Waals surface area contributed by atoms with Crippen LogP contribution in [0.15, 0.2) is 18.2 Å². The highest BCUT2D eigenvalue weighted by Gasteiger charge is 2.62. The van der Waals surface area contributed by atoms with Crippen molar-refractivity contribution in [3.05, 3.63) is 23.8 Å². The molecule has 0 radical (unpaired) electrons. The van der Waals surface area contributed by atoms with Crippen LogP contribution >= 0.6 is 0 Å². The van der Waals surface area contributed by atoms with Gasteiger partial charge in [-0.25, -0.2) is 0 Å². The van der Waals surface area contributed by atoms with Crippen LogP contribution in [0.25, 0.3) is 0 Å². The Bertz CT molecular complexity index is 928. The summed E-state index contributed by atoms with van der Waals surface area (Å²) < 4.78 is 25.0. The summed E-state index contributed by atoms with van der Waals surface area (Å²) in [5.41, 5.74) is 1.91. The molecular weight excluding hydrogens is 426 g/mol. The summed E-state index contributed by atoms with van der Waals surface area (Å²) in [6, 6.07) is 6.99. The van der Waals surface area contributed by atoms with E-state index < -0.39 is 5.79 Å². The summed E-state index contributed by atoms with van der Waals surface area (Å²) in [6.45, 7) is 1.93. The van der Waals surface area contributed by atoms with Crippen LogP contribution in [0.4, 0.5) is 0 Å². The van der Waals surface area contributed by atoms with Gasteiger partial charge in [0.15, 0.2) is 17.3 Å². The Labute approximate surface area is 204 Å². The number of likely N-dealkylation sites (tertiary alicyclic amines) is 1. The number of methoxy groups -OCH3 is 2. The molecule has 2 saturated heterocycles. The first-order valence-corrected chi connectivity index (χ1v) is 13.7. The van der Waals surface area contributed by atoms with Crippen LogP contribution in [0.3, 0.4) is 0 Å². The molecule has 0 N–H and O–H groups in total. The Kier molecular flexibility index (Phi) is 4.90. The van der Waals surface area contributed by atoms with Crippen molar-refractivity contribution < 1.29 is 18.9 Å². The normalized spacial score (nSPS) is 47.3. The molecule has 7 aliphatic rings. The molecule has 4 unspecified atom stereocenters. The van der Waals surface area contributed by atoms with Gasteiger partial charge in [0.2, 0.25) is 0 Å². The number of rotatable bonds is 4. The SMILES string of the molecule is COc1ccc(C23CCN(C)C2CC2(CC3)OCC(C34CC5CC(CC(C5)C3)C4)O2)cc1OC. The third-order valence-corrected chi connectivity index (χ3v) is 11.1. The van der Waals surface area contributed by atoms with E-state index in [1.807, 2.05) is 0 Å². The zero-order valence-electron chi connectivity index (χ0n) is 21.2. The fourth-order valence-electron chi connectivity index (χ4n) is 9.87. The van der Waals surface area contributed by atoms with Crippen molar-refractivity contribution in [2.24, 2.45) is 23.2 Å². The van der Waals surface area contributed by atoms with Gasteiger partial charge in [-0.05, 0) is 106 Å². The molecule has 8 rings (SSSR count). The molecule has 7 fully saturated rings. The van der Waals surface area contributed by atoms with Gasteiger partial charge in [0, 0.05) is 24.3 Å². The second-order valence-corrected chi connectivity index (χ2v) is 12.8. The molecule has 4 bridgehead atoms. The van der Waals surface area contributed by atoms with E-state index in [1.54, 1.807) is 14.2 Å². The van der Waals surface area contributed by atoms with Gasteiger partial charge in [-0.15, -0.1) is 0 Å². The third kappa shape index (κ3) is 3.08. The van der Waals surface area contributed by atoms with Crippen LogP contribution in [0.2, 0.25) is 0 Å². The second kappa shape index (κ2) is 7.60. The van der Waals surface area contributed by atoms with Crippen molar-refractivity contribution >= 4 is 0 Å². The molecular formula is C29H41NO4. The lowest BCUT2D eigenvalue weighted by molar-refractivity contribution is -0.225. The van der Waals surface area contributed by atoms with E-state index in [2.05, 4.69) is 30.1 Å². The summed E-state index contributed by atoms with van der Waals surface area (Å²) in [6.07, 6.45) is 13.2. The number of ether oxygens (including phenoxy) is 4. The number of likely N-dealkylation sites (N-methyl/N-ethyl adjacent to an activating group) is 1. The monoisotopic (exact) mass is 467 g/mol. The minimum Gasteiger partial charge on any atom is -0.493 e. The first-order chi connectivity index (χ1) is 16.5. The van der Waals surface area contributed by atoms with Crippen molar-refractivity contribution in [1.29, 1.82) is 0 Å². The van der Waals surface area contributed by atoms with Gasteiger partial charge in [-0.2, -0.15) is 0 Å². The lowest BCUT2D eigenvalue weighted by Crippen LogP contribution is -2.55. The molecule has 2 aliphatic heterocycles. The molecule has 5 heteroatoms. The predicted octanol–water partition coefficient (Wildman–Crippen LogP) is 5.16. The van der Waals surface area contributed by atoms with Crippen LogP contribution in [0.5, 0.6) is 11.5 Å². The molecule has 0 aromatic heterocycles. The summed E-state index contributed by atoms with van der Waals surface area (Å²) in [5, 5.41) is 0. The highest BCUT2D eigenvalue weighted by atomic mass is 16.7. The minimum atomic E-state index is -0.392. The second-order valence-electron chi connectivity index (χ2n) is 12.8. The van der Waals surface area contributed by atoms with Crippen LogP contribution in [-0.4, -0.2) is 57.3 Å². The van der Waals surface area contributed by atoms with Crippen LogP contribution in [0, 0.1) is 23.2 Å². The van der Waals surface area contributed by atoms with Crippen molar-refractivity contribution in [2.45, 2.75) is 87.6 Å². The number of benzene rings is 1. The van der Waals surface area contributed by atoms with E-state index >= 15 is 0 Å². The zero-order valence-corrected chi connectivity index (χ0v) is 21.2. The van der Waals surface area contributed by atoms with E-state index in [4.69, 9.17) is 18.9 Å². The molecule has 1 aromatic carbocycles. The fourth-order valence-corrected chi connectivity index (χ4v) is 9.87. The highest BCUT2D eigenvalue weighted by molar-refractivity contribution is 5.46. The molecule has 5 nitrogen and oxygen atoms in total. The van der Waals surface area contributed by atoms with Crippen molar-refractivity contribution in [3.63, 3.8) is 0 Å². The molecule has 34 heavy (non-hydrogen) atoms. The molecule has 4 atom stereocenters. The van der Waals surface area contributed by atoms with Crippen molar-refractivity contribution in [2.75, 3.05) is 34.4 Å². The van der Waals surface area contributed by atoms with Crippen LogP contribution in [0.1, 0.15) is 69.8 Å². The average Bonchev–Trinajstić information content (AvgIpc) is 3.41. The van der Waals surface area contributed by atoms with E-state index in [0.29, 0.717) is 17.6 Å². The van der Waals surface area contributed by atoms with Gasteiger partial charge in [-0.1, -0.05) is 6.07 Å². The Morgan fingerprint density at radius 2 is 1.59 bits per heavy atom. The van der Waals surface area contributed by atoms with Gasteiger partial charge in [-0.3, -0.25) is 0 Å². The molecule has 1 spiro atoms. The summed E-state index contributed by atoms with van der Waals surface area (Å²) in [4.78, 5) is 2.56. The lowest BCUT2D eigenvalue weighted by Gasteiger charge is -2.58. The quantitative estimate of drug-likeness (QED) is 0.612. The van der Waals surface area contributed by atoms with Gasteiger partial charge in [0.05, 0.1) is 26.9 Å². The maximum absolute atomic E-state index is 7.10. The fraction of sp³-hybridized carbons (Fsp3) is 0.793.